The van der Waals surface area contributed by atoms with E-state index in [2.05, 4.69) is 34.6 Å². The lowest BCUT2D eigenvalue weighted by Gasteiger charge is -2.20. The van der Waals surface area contributed by atoms with E-state index >= 15 is 0 Å². The Bertz CT molecular complexity index is 503. The van der Waals surface area contributed by atoms with Gasteiger partial charge in [0.15, 0.2) is 5.96 Å². The van der Waals surface area contributed by atoms with Gasteiger partial charge < -0.3 is 20.5 Å². The summed E-state index contributed by atoms with van der Waals surface area (Å²) in [5, 5.41) is 21.1. The van der Waals surface area contributed by atoms with Crippen LogP contribution in [0.4, 0.5) is 0 Å². The molecule has 1 rings (SSSR count). The summed E-state index contributed by atoms with van der Waals surface area (Å²) in [7, 11) is 1.83. The highest BCUT2D eigenvalue weighted by Crippen LogP contribution is 2.19. The minimum atomic E-state index is -1.04. The highest BCUT2D eigenvalue weighted by molar-refractivity contribution is 14.0. The van der Waals surface area contributed by atoms with E-state index in [9.17, 15) is 5.11 Å². The Hall–Kier alpha value is -0.870. The average molecular weight is 467 g/mol. The molecule has 25 heavy (non-hydrogen) atoms. The minimum absolute atomic E-state index is 0. The molecule has 7 nitrogen and oxygen atoms in total. The van der Waals surface area contributed by atoms with Crippen molar-refractivity contribution in [3.05, 3.63) is 18.0 Å². The van der Waals surface area contributed by atoms with Gasteiger partial charge in [-0.1, -0.05) is 13.8 Å². The van der Waals surface area contributed by atoms with Gasteiger partial charge in [0.1, 0.15) is 5.60 Å². The standard InChI is InChI=1S/C17H33N5O2.HI/c1-6-18-16(19-8-7-9-24-12-14(2)3)20-13-17(4,23)15-10-21-22(5)11-15;/h10-11,14,23H,6-9,12-13H2,1-5H3,(H2,18,19,20);1H. The Morgan fingerprint density at radius 3 is 2.72 bits per heavy atom. The number of ether oxygens (including phenoxy) is 1. The van der Waals surface area contributed by atoms with Gasteiger partial charge in [-0.05, 0) is 26.2 Å². The van der Waals surface area contributed by atoms with Crippen LogP contribution in [0.15, 0.2) is 17.4 Å². The largest absolute Gasteiger partial charge is 0.383 e. The first kappa shape index (κ1) is 24.1. The molecule has 3 N–H and O–H groups in total. The normalized spacial score (nSPS) is 14.1. The van der Waals surface area contributed by atoms with Crippen molar-refractivity contribution in [3.63, 3.8) is 0 Å². The number of hydrogen-bond acceptors (Lipinski definition) is 4. The Labute approximate surface area is 168 Å². The van der Waals surface area contributed by atoms with Gasteiger partial charge in [0.2, 0.25) is 0 Å². The fraction of sp³-hybridized carbons (Fsp3) is 0.765. The summed E-state index contributed by atoms with van der Waals surface area (Å²) < 4.78 is 7.24. The van der Waals surface area contributed by atoms with Crippen molar-refractivity contribution >= 4 is 29.9 Å². The first-order valence-corrected chi connectivity index (χ1v) is 8.66. The molecule has 0 fully saturated rings. The molecule has 0 radical (unpaired) electrons. The van der Waals surface area contributed by atoms with E-state index in [1.165, 1.54) is 0 Å². The lowest BCUT2D eigenvalue weighted by atomic mass is 10.0. The zero-order valence-corrected chi connectivity index (χ0v) is 18.4. The molecule has 0 aromatic carbocycles. The van der Waals surface area contributed by atoms with E-state index in [1.54, 1.807) is 17.8 Å². The highest BCUT2D eigenvalue weighted by atomic mass is 127. The Balaban J connectivity index is 0.00000576. The number of aliphatic imine (C=N–C) groups is 1. The first-order chi connectivity index (χ1) is 11.3. The predicted octanol–water partition coefficient (Wildman–Crippen LogP) is 1.86. The fourth-order valence-electron chi connectivity index (χ4n) is 2.07. The van der Waals surface area contributed by atoms with E-state index in [-0.39, 0.29) is 30.5 Å². The molecule has 1 unspecified atom stereocenters. The molecule has 0 amide bonds. The molecular weight excluding hydrogens is 433 g/mol. The second kappa shape index (κ2) is 12.5. The van der Waals surface area contributed by atoms with Crippen molar-refractivity contribution in [1.82, 2.24) is 20.4 Å². The summed E-state index contributed by atoms with van der Waals surface area (Å²) in [6.07, 6.45) is 4.39. The van der Waals surface area contributed by atoms with Crippen LogP contribution in [0.25, 0.3) is 0 Å². The van der Waals surface area contributed by atoms with Gasteiger partial charge in [0, 0.05) is 45.1 Å². The van der Waals surface area contributed by atoms with Crippen molar-refractivity contribution in [2.45, 2.75) is 39.7 Å². The monoisotopic (exact) mass is 467 g/mol. The van der Waals surface area contributed by atoms with Gasteiger partial charge in [-0.15, -0.1) is 24.0 Å². The van der Waals surface area contributed by atoms with Crippen LogP contribution in [-0.4, -0.2) is 53.7 Å². The van der Waals surface area contributed by atoms with Crippen molar-refractivity contribution in [2.24, 2.45) is 18.0 Å². The van der Waals surface area contributed by atoms with Crippen LogP contribution >= 0.6 is 24.0 Å². The van der Waals surface area contributed by atoms with Gasteiger partial charge in [-0.2, -0.15) is 5.10 Å². The summed E-state index contributed by atoms with van der Waals surface area (Å²) in [5.41, 5.74) is -0.288. The number of aliphatic hydroxyl groups is 1. The van der Waals surface area contributed by atoms with E-state index in [0.717, 1.165) is 38.3 Å². The van der Waals surface area contributed by atoms with Crippen LogP contribution in [0.1, 0.15) is 39.7 Å². The van der Waals surface area contributed by atoms with Gasteiger partial charge in [0.05, 0.1) is 12.7 Å². The van der Waals surface area contributed by atoms with Crippen LogP contribution < -0.4 is 10.6 Å². The van der Waals surface area contributed by atoms with Gasteiger partial charge in [0.25, 0.3) is 0 Å². The third-order valence-electron chi connectivity index (χ3n) is 3.43. The Morgan fingerprint density at radius 1 is 1.44 bits per heavy atom. The first-order valence-electron chi connectivity index (χ1n) is 8.66. The third kappa shape index (κ3) is 10.0. The molecule has 0 spiro atoms. The van der Waals surface area contributed by atoms with Gasteiger partial charge in [-0.25, -0.2) is 4.99 Å². The lowest BCUT2D eigenvalue weighted by molar-refractivity contribution is 0.0671. The molecule has 0 aliphatic carbocycles. The number of nitrogens with one attached hydrogen (secondary N) is 2. The summed E-state index contributed by atoms with van der Waals surface area (Å²) in [6.45, 7) is 11.4. The van der Waals surface area contributed by atoms with E-state index in [4.69, 9.17) is 4.74 Å². The number of guanidine groups is 1. The van der Waals surface area contributed by atoms with Crippen molar-refractivity contribution in [1.29, 1.82) is 0 Å². The maximum Gasteiger partial charge on any atom is 0.191 e. The molecule has 0 aliphatic rings. The molecule has 0 saturated carbocycles. The molecule has 1 aromatic heterocycles. The summed E-state index contributed by atoms with van der Waals surface area (Å²) in [4.78, 5) is 4.48. The van der Waals surface area contributed by atoms with E-state index in [0.29, 0.717) is 11.9 Å². The second-order valence-electron chi connectivity index (χ2n) is 6.62. The number of rotatable bonds is 10. The third-order valence-corrected chi connectivity index (χ3v) is 3.43. The average Bonchev–Trinajstić information content (AvgIpc) is 2.95. The second-order valence-corrected chi connectivity index (χ2v) is 6.62. The highest BCUT2D eigenvalue weighted by Gasteiger charge is 2.24. The molecule has 1 heterocycles. The Morgan fingerprint density at radius 2 is 2.16 bits per heavy atom. The van der Waals surface area contributed by atoms with Crippen LogP contribution in [0.5, 0.6) is 0 Å². The zero-order chi connectivity index (χ0) is 18.0. The lowest BCUT2D eigenvalue weighted by Crippen LogP contribution is -2.39. The molecule has 1 atom stereocenters. The molecule has 0 aliphatic heterocycles. The van der Waals surface area contributed by atoms with Crippen LogP contribution in [0, 0.1) is 5.92 Å². The molecular formula is C17H34IN5O2. The molecule has 0 bridgehead atoms. The summed E-state index contributed by atoms with van der Waals surface area (Å²) in [5.74, 6) is 1.26. The maximum absolute atomic E-state index is 10.6. The summed E-state index contributed by atoms with van der Waals surface area (Å²) >= 11 is 0. The fourth-order valence-corrected chi connectivity index (χ4v) is 2.07. The number of aromatic nitrogens is 2. The van der Waals surface area contributed by atoms with Gasteiger partial charge in [-0.3, -0.25) is 4.68 Å². The number of hydrogen-bond donors (Lipinski definition) is 3. The van der Waals surface area contributed by atoms with Crippen molar-refractivity contribution in [3.8, 4) is 0 Å². The SMILES string of the molecule is CCNC(=NCC(C)(O)c1cnn(C)c1)NCCCOCC(C)C.I. The topological polar surface area (TPSA) is 83.7 Å². The van der Waals surface area contributed by atoms with E-state index in [1.807, 2.05) is 20.2 Å². The predicted molar refractivity (Wildman–Crippen MR) is 112 cm³/mol. The van der Waals surface area contributed by atoms with Crippen LogP contribution in [0.2, 0.25) is 0 Å². The van der Waals surface area contributed by atoms with Crippen molar-refractivity contribution < 1.29 is 9.84 Å². The molecule has 1 aromatic rings. The van der Waals surface area contributed by atoms with E-state index < -0.39 is 5.60 Å². The zero-order valence-electron chi connectivity index (χ0n) is 16.1. The van der Waals surface area contributed by atoms with Gasteiger partial charge >= 0.3 is 0 Å². The molecule has 8 heteroatoms. The smallest absolute Gasteiger partial charge is 0.191 e. The number of nitrogens with zero attached hydrogens (tertiary/aromatic N) is 3. The molecule has 146 valence electrons. The minimum Gasteiger partial charge on any atom is -0.383 e. The summed E-state index contributed by atoms with van der Waals surface area (Å²) in [6, 6.07) is 0. The maximum atomic E-state index is 10.6. The van der Waals surface area contributed by atoms with Crippen molar-refractivity contribution in [2.75, 3.05) is 32.8 Å². The van der Waals surface area contributed by atoms with Crippen LogP contribution in [0.3, 0.4) is 0 Å². The number of aryl methyl sites for hydroxylation is 1. The van der Waals surface area contributed by atoms with Crippen LogP contribution in [-0.2, 0) is 17.4 Å². The number of halogens is 1. The quantitative estimate of drug-likeness (QED) is 0.212. The Kier molecular flexibility index (Phi) is 12.0. The molecule has 0 saturated heterocycles.